The summed E-state index contributed by atoms with van der Waals surface area (Å²) in [5.74, 6) is 1.68. The topological polar surface area (TPSA) is 15.7 Å². The number of para-hydroxylation sites is 2. The molecule has 0 saturated carbocycles. The second-order valence-electron chi connectivity index (χ2n) is 19.9. The fourth-order valence-corrected chi connectivity index (χ4v) is 14.3. The maximum Gasteiger partial charge on any atom is 0.137 e. The van der Waals surface area contributed by atoms with Gasteiger partial charge < -0.3 is 14.5 Å². The number of anilines is 6. The van der Waals surface area contributed by atoms with Gasteiger partial charge in [-0.15, -0.1) is 22.7 Å². The standard InChI is InChI=1S/C72H44N2OS2/c1-3-18-45(19-4-1)50-22-9-13-29-63(50)73(47-35-38-70-60(40-47)55-26-11-15-32-68(55)76-70)49-34-37-54-62-43-58-52-24-7-8-25-53(52)65(44-59(58)57-28-17-31-66(72(57)62)75-67(54)42-49)74(64-30-14-10-23-51(64)46-20-5-2-6-21-46)48-36-39-71-61(41-48)56-27-12-16-33-69(56)77-71/h1-44H. The van der Waals surface area contributed by atoms with Crippen molar-refractivity contribution in [1.29, 1.82) is 0 Å². The van der Waals surface area contributed by atoms with Gasteiger partial charge in [-0.1, -0.05) is 170 Å². The van der Waals surface area contributed by atoms with Crippen molar-refractivity contribution in [2.45, 2.75) is 0 Å². The van der Waals surface area contributed by atoms with Gasteiger partial charge in [-0.2, -0.15) is 0 Å². The molecule has 0 aliphatic carbocycles. The molecular weight excluding hydrogens is 973 g/mol. The summed E-state index contributed by atoms with van der Waals surface area (Å²) in [6.07, 6.45) is 0. The summed E-state index contributed by atoms with van der Waals surface area (Å²) in [5, 5.41) is 12.1. The molecule has 0 saturated heterocycles. The maximum atomic E-state index is 7.19. The minimum absolute atomic E-state index is 0.826. The van der Waals surface area contributed by atoms with Gasteiger partial charge in [0.15, 0.2) is 0 Å². The molecule has 0 unspecified atom stereocenters. The summed E-state index contributed by atoms with van der Waals surface area (Å²) < 4.78 is 12.3. The third-order valence-corrected chi connectivity index (χ3v) is 17.9. The summed E-state index contributed by atoms with van der Waals surface area (Å²) in [6, 6.07) is 97.8. The van der Waals surface area contributed by atoms with Crippen LogP contribution in [-0.4, -0.2) is 0 Å². The van der Waals surface area contributed by atoms with Gasteiger partial charge in [0.25, 0.3) is 0 Å². The lowest BCUT2D eigenvalue weighted by Crippen LogP contribution is -2.12. The molecule has 0 bridgehead atoms. The third-order valence-electron chi connectivity index (χ3n) is 15.6. The fourth-order valence-electron chi connectivity index (χ4n) is 12.2. The van der Waals surface area contributed by atoms with Crippen LogP contribution in [-0.2, 0) is 0 Å². The lowest BCUT2D eigenvalue weighted by Gasteiger charge is -2.31. The number of ether oxygens (including phenoxy) is 1. The summed E-state index contributed by atoms with van der Waals surface area (Å²) in [5.41, 5.74) is 13.4. The molecule has 5 heteroatoms. The van der Waals surface area contributed by atoms with Gasteiger partial charge in [0.05, 0.1) is 17.1 Å². The highest BCUT2D eigenvalue weighted by molar-refractivity contribution is 7.26. The molecule has 0 fully saturated rings. The summed E-state index contributed by atoms with van der Waals surface area (Å²) in [7, 11) is 0. The summed E-state index contributed by atoms with van der Waals surface area (Å²) in [4.78, 5) is 4.91. The Morgan fingerprint density at radius 2 is 0.727 bits per heavy atom. The minimum atomic E-state index is 0.826. The van der Waals surface area contributed by atoms with E-state index in [4.69, 9.17) is 4.74 Å². The van der Waals surface area contributed by atoms with E-state index in [-0.39, 0.29) is 0 Å². The number of hydrogen-bond acceptors (Lipinski definition) is 5. The van der Waals surface area contributed by atoms with Crippen LogP contribution in [0.2, 0.25) is 0 Å². The Morgan fingerprint density at radius 1 is 0.247 bits per heavy atom. The SMILES string of the molecule is c1ccc(-c2ccccc2N(c2ccc3c(c2)Oc2cccc4c2c-3cc2c3ccccc3c(N(c3ccc5sc6ccccc6c5c3)c3ccccc3-c3ccccc3)cc42)c2ccc3sc4ccccc4c3c2)cc1. The molecule has 3 nitrogen and oxygen atoms in total. The van der Waals surface area contributed by atoms with Crippen LogP contribution in [0.5, 0.6) is 11.5 Å². The predicted molar refractivity (Wildman–Crippen MR) is 330 cm³/mol. The highest BCUT2D eigenvalue weighted by Crippen LogP contribution is 2.54. The first-order chi connectivity index (χ1) is 38.2. The Bertz CT molecular complexity index is 4870. The Labute approximate surface area is 453 Å². The Kier molecular flexibility index (Phi) is 9.99. The summed E-state index contributed by atoms with van der Waals surface area (Å²) in [6.45, 7) is 0. The minimum Gasteiger partial charge on any atom is -0.456 e. The van der Waals surface area contributed by atoms with Crippen LogP contribution in [0.25, 0.3) is 106 Å². The lowest BCUT2D eigenvalue weighted by molar-refractivity contribution is 0.487. The quantitative estimate of drug-likeness (QED) is 0.141. The van der Waals surface area contributed by atoms with Crippen LogP contribution in [0, 0.1) is 0 Å². The van der Waals surface area contributed by atoms with E-state index in [1.54, 1.807) is 0 Å². The van der Waals surface area contributed by atoms with E-state index in [0.717, 1.165) is 84.2 Å². The first-order valence-corrected chi connectivity index (χ1v) is 27.8. The van der Waals surface area contributed by atoms with Crippen LogP contribution in [0.4, 0.5) is 34.1 Å². The molecule has 16 rings (SSSR count). The Hall–Kier alpha value is -9.52. The molecule has 1 aliphatic rings. The predicted octanol–water partition coefficient (Wildman–Crippen LogP) is 21.9. The maximum absolute atomic E-state index is 7.19. The second kappa shape index (κ2) is 17.5. The molecule has 15 aromatic rings. The second-order valence-corrected chi connectivity index (χ2v) is 22.1. The number of thiophene rings is 2. The highest BCUT2D eigenvalue weighted by Gasteiger charge is 2.28. The van der Waals surface area contributed by atoms with E-state index < -0.39 is 0 Å². The van der Waals surface area contributed by atoms with Crippen molar-refractivity contribution in [3.8, 4) is 44.9 Å². The molecule has 0 amide bonds. The number of fused-ring (bicyclic) bond motifs is 12. The third kappa shape index (κ3) is 7.02. The Balaban J connectivity index is 0.905. The van der Waals surface area contributed by atoms with Gasteiger partial charge in [-0.25, -0.2) is 0 Å². The number of rotatable bonds is 8. The van der Waals surface area contributed by atoms with Gasteiger partial charge in [0.2, 0.25) is 0 Å². The summed E-state index contributed by atoms with van der Waals surface area (Å²) >= 11 is 3.70. The Morgan fingerprint density at radius 3 is 1.38 bits per heavy atom. The molecule has 0 atom stereocenters. The molecule has 0 spiro atoms. The molecule has 0 N–H and O–H groups in total. The fraction of sp³-hybridized carbons (Fsp3) is 0. The van der Waals surface area contributed by atoms with Crippen LogP contribution in [0.3, 0.4) is 0 Å². The molecule has 360 valence electrons. The van der Waals surface area contributed by atoms with Gasteiger partial charge in [0, 0.05) is 90.9 Å². The normalized spacial score (nSPS) is 12.0. The molecule has 1 aliphatic heterocycles. The molecule has 77 heavy (non-hydrogen) atoms. The van der Waals surface area contributed by atoms with Crippen LogP contribution < -0.4 is 14.5 Å². The average Bonchev–Trinajstić information content (AvgIpc) is 4.07. The molecule has 13 aromatic carbocycles. The van der Waals surface area contributed by atoms with E-state index >= 15 is 0 Å². The van der Waals surface area contributed by atoms with Crippen LogP contribution >= 0.6 is 22.7 Å². The van der Waals surface area contributed by atoms with E-state index in [0.29, 0.717) is 0 Å². The largest absolute Gasteiger partial charge is 0.456 e. The number of nitrogens with zero attached hydrogens (tertiary/aromatic N) is 2. The van der Waals surface area contributed by atoms with Crippen molar-refractivity contribution in [1.82, 2.24) is 0 Å². The van der Waals surface area contributed by atoms with Crippen molar-refractivity contribution in [2.24, 2.45) is 0 Å². The van der Waals surface area contributed by atoms with Crippen molar-refractivity contribution in [2.75, 3.05) is 9.80 Å². The van der Waals surface area contributed by atoms with E-state index in [1.165, 1.54) is 67.5 Å². The van der Waals surface area contributed by atoms with Gasteiger partial charge >= 0.3 is 0 Å². The first-order valence-electron chi connectivity index (χ1n) is 26.1. The van der Waals surface area contributed by atoms with Crippen molar-refractivity contribution < 1.29 is 4.74 Å². The monoisotopic (exact) mass is 1020 g/mol. The molecular formula is C72H44N2OS2. The van der Waals surface area contributed by atoms with Gasteiger partial charge in [-0.05, 0) is 129 Å². The zero-order chi connectivity index (χ0) is 50.6. The van der Waals surface area contributed by atoms with Gasteiger partial charge in [-0.3, -0.25) is 0 Å². The zero-order valence-corrected chi connectivity index (χ0v) is 43.2. The number of hydrogen-bond donors (Lipinski definition) is 0. The molecule has 0 radical (unpaired) electrons. The highest BCUT2D eigenvalue weighted by atomic mass is 32.1. The smallest absolute Gasteiger partial charge is 0.137 e. The van der Waals surface area contributed by atoms with Gasteiger partial charge in [0.1, 0.15) is 11.5 Å². The van der Waals surface area contributed by atoms with Crippen molar-refractivity contribution in [3.05, 3.63) is 267 Å². The molecule has 3 heterocycles. The van der Waals surface area contributed by atoms with E-state index in [1.807, 2.05) is 22.7 Å². The van der Waals surface area contributed by atoms with Crippen molar-refractivity contribution in [3.63, 3.8) is 0 Å². The van der Waals surface area contributed by atoms with Crippen LogP contribution in [0.1, 0.15) is 0 Å². The zero-order valence-electron chi connectivity index (χ0n) is 41.5. The van der Waals surface area contributed by atoms with Crippen molar-refractivity contribution >= 4 is 129 Å². The van der Waals surface area contributed by atoms with E-state index in [2.05, 4.69) is 277 Å². The van der Waals surface area contributed by atoms with Crippen LogP contribution in [0.15, 0.2) is 267 Å². The molecule has 2 aromatic heterocycles. The van der Waals surface area contributed by atoms with E-state index in [9.17, 15) is 0 Å². The average molecular weight is 1020 g/mol. The lowest BCUT2D eigenvalue weighted by atomic mass is 9.88. The number of benzene rings is 13. The first kappa shape index (κ1) is 43.8.